The number of carbonyl (C=O) groups is 1. The lowest BCUT2D eigenvalue weighted by molar-refractivity contribution is -0.121. The van der Waals surface area contributed by atoms with E-state index < -0.39 is 25.9 Å². The summed E-state index contributed by atoms with van der Waals surface area (Å²) in [7, 11) is -4.63. The van der Waals surface area contributed by atoms with E-state index in [4.69, 9.17) is 21.3 Å². The fourth-order valence-electron chi connectivity index (χ4n) is 0.598. The van der Waals surface area contributed by atoms with Gasteiger partial charge in [0.05, 0.1) is 6.04 Å². The van der Waals surface area contributed by atoms with E-state index in [9.17, 15) is 9.36 Å². The van der Waals surface area contributed by atoms with Crippen LogP contribution in [-0.4, -0.2) is 27.8 Å². The molecule has 0 aliphatic carbocycles. The van der Waals surface area contributed by atoms with E-state index in [1.54, 1.807) is 0 Å². The summed E-state index contributed by atoms with van der Waals surface area (Å²) in [6, 6.07) is -0.716. The Bertz CT molecular complexity index is 225. The molecule has 0 saturated heterocycles. The molecule has 1 unspecified atom stereocenters. The van der Waals surface area contributed by atoms with Crippen LogP contribution in [0.4, 0.5) is 0 Å². The normalized spacial score (nSPS) is 16.7. The molecule has 2 atom stereocenters. The largest absolute Gasteiger partial charge is 0.471 e. The minimum Gasteiger partial charge on any atom is -0.322 e. The third-order valence-corrected chi connectivity index (χ3v) is 1.73. The molecule has 0 saturated carbocycles. The van der Waals surface area contributed by atoms with Gasteiger partial charge in [0.2, 0.25) is 0 Å². The lowest BCUT2D eigenvalue weighted by Gasteiger charge is -2.13. The van der Waals surface area contributed by atoms with E-state index >= 15 is 0 Å². The Hall–Kier alpha value is -0.300. The number of hydrogen-bond acceptors (Lipinski definition) is 5. The van der Waals surface area contributed by atoms with Crippen molar-refractivity contribution in [3.8, 4) is 0 Å². The maximum atomic E-state index is 10.9. The molecule has 7 nitrogen and oxygen atoms in total. The highest BCUT2D eigenvalue weighted by molar-refractivity contribution is 7.46. The van der Waals surface area contributed by atoms with Crippen molar-refractivity contribution in [3.63, 3.8) is 0 Å². The van der Waals surface area contributed by atoms with Crippen molar-refractivity contribution in [2.45, 2.75) is 25.6 Å². The van der Waals surface area contributed by atoms with Gasteiger partial charge in [0.25, 0.3) is 0 Å². The summed E-state index contributed by atoms with van der Waals surface area (Å²) in [5.74, 6) is -0.416. The third kappa shape index (κ3) is 6.83. The first-order valence-corrected chi connectivity index (χ1v) is 5.03. The number of Topliss-reactive ketones (excluding diaryl/α,β-unsaturated/α-hetero) is 1. The number of nitrogens with two attached hydrogens (primary N) is 2. The molecular formula is C5H13N2O5P. The monoisotopic (exact) mass is 212 g/mol. The molecule has 0 aromatic carbocycles. The molecule has 0 radical (unpaired) electrons. The van der Waals surface area contributed by atoms with Crippen LogP contribution in [-0.2, 0) is 13.9 Å². The molecule has 0 rings (SSSR count). The Morgan fingerprint density at radius 2 is 2.00 bits per heavy atom. The second kappa shape index (κ2) is 4.80. The summed E-state index contributed by atoms with van der Waals surface area (Å²) in [4.78, 5) is 27.5. The Morgan fingerprint density at radius 1 is 1.54 bits per heavy atom. The summed E-state index contributed by atoms with van der Waals surface area (Å²) in [5.41, 5.74) is 10.3. The van der Waals surface area contributed by atoms with E-state index in [2.05, 4.69) is 4.52 Å². The minimum absolute atomic E-state index is 0.317. The molecule has 0 fully saturated rings. The first-order chi connectivity index (χ1) is 5.72. The molecule has 8 heteroatoms. The van der Waals surface area contributed by atoms with Gasteiger partial charge < -0.3 is 21.3 Å². The smallest absolute Gasteiger partial charge is 0.322 e. The SMILES string of the molecule is C[C@H](N)C(=O)CC(N)OP(=O)(O)O. The predicted molar refractivity (Wildman–Crippen MR) is 44.4 cm³/mol. The van der Waals surface area contributed by atoms with Gasteiger partial charge in [-0.2, -0.15) is 0 Å². The number of ketones is 1. The average Bonchev–Trinajstić information content (AvgIpc) is 1.81. The summed E-state index contributed by atoms with van der Waals surface area (Å²) in [6.45, 7) is 1.45. The maximum absolute atomic E-state index is 10.9. The van der Waals surface area contributed by atoms with Crippen LogP contribution >= 0.6 is 7.82 Å². The minimum atomic E-state index is -4.63. The lowest BCUT2D eigenvalue weighted by Crippen LogP contribution is -2.34. The fraction of sp³-hybridized carbons (Fsp3) is 0.800. The van der Waals surface area contributed by atoms with Crippen LogP contribution in [0.1, 0.15) is 13.3 Å². The van der Waals surface area contributed by atoms with Crippen LogP contribution in [0.2, 0.25) is 0 Å². The summed E-state index contributed by atoms with van der Waals surface area (Å²) >= 11 is 0. The van der Waals surface area contributed by atoms with Crippen molar-refractivity contribution < 1.29 is 23.7 Å². The molecule has 0 amide bonds. The Morgan fingerprint density at radius 3 is 2.31 bits per heavy atom. The van der Waals surface area contributed by atoms with Gasteiger partial charge in [0.15, 0.2) is 5.78 Å². The quantitative estimate of drug-likeness (QED) is 0.328. The molecule has 6 N–H and O–H groups in total. The van der Waals surface area contributed by atoms with Crippen LogP contribution in [0.15, 0.2) is 0 Å². The molecular weight excluding hydrogens is 199 g/mol. The van der Waals surface area contributed by atoms with Crippen molar-refractivity contribution in [1.29, 1.82) is 0 Å². The van der Waals surface area contributed by atoms with E-state index in [0.717, 1.165) is 0 Å². The second-order valence-electron chi connectivity index (χ2n) is 2.59. The van der Waals surface area contributed by atoms with Crippen molar-refractivity contribution in [2.24, 2.45) is 11.5 Å². The van der Waals surface area contributed by atoms with Gasteiger partial charge in [0.1, 0.15) is 6.23 Å². The van der Waals surface area contributed by atoms with Gasteiger partial charge in [0, 0.05) is 6.42 Å². The fourth-order valence-corrected chi connectivity index (χ4v) is 1.03. The first kappa shape index (κ1) is 12.7. The molecule has 13 heavy (non-hydrogen) atoms. The Labute approximate surface area is 75.3 Å². The Balaban J connectivity index is 3.95. The van der Waals surface area contributed by atoms with Gasteiger partial charge in [-0.1, -0.05) is 0 Å². The predicted octanol–water partition coefficient (Wildman–Crippen LogP) is -1.31. The van der Waals surface area contributed by atoms with Crippen molar-refractivity contribution >= 4 is 13.6 Å². The van der Waals surface area contributed by atoms with Crippen molar-refractivity contribution in [2.75, 3.05) is 0 Å². The van der Waals surface area contributed by atoms with Gasteiger partial charge in [-0.25, -0.2) is 4.57 Å². The number of rotatable bonds is 5. The molecule has 0 aromatic rings. The van der Waals surface area contributed by atoms with Crippen LogP contribution in [0.25, 0.3) is 0 Å². The summed E-state index contributed by atoms with van der Waals surface area (Å²) < 4.78 is 14.3. The Kier molecular flexibility index (Phi) is 4.69. The lowest BCUT2D eigenvalue weighted by atomic mass is 10.1. The number of hydrogen-bond donors (Lipinski definition) is 4. The van der Waals surface area contributed by atoms with Crippen LogP contribution in [0, 0.1) is 0 Å². The van der Waals surface area contributed by atoms with Crippen LogP contribution in [0.3, 0.4) is 0 Å². The average molecular weight is 212 g/mol. The summed E-state index contributed by atoms with van der Waals surface area (Å²) in [6.07, 6.45) is -1.64. The molecule has 0 bridgehead atoms. The number of phosphoric acid groups is 1. The molecule has 0 aromatic heterocycles. The van der Waals surface area contributed by atoms with Crippen LogP contribution < -0.4 is 11.5 Å². The third-order valence-electron chi connectivity index (χ3n) is 1.18. The molecule has 0 spiro atoms. The standard InChI is InChI=1S/C5H13N2O5P/c1-3(6)4(8)2-5(7)12-13(9,10)11/h3,5H,2,6-7H2,1H3,(H2,9,10,11)/t3-,5?/m0/s1. The van der Waals surface area contributed by atoms with Gasteiger partial charge in [-0.05, 0) is 6.92 Å². The van der Waals surface area contributed by atoms with Gasteiger partial charge >= 0.3 is 7.82 Å². The molecule has 0 heterocycles. The molecule has 78 valence electrons. The maximum Gasteiger partial charge on any atom is 0.471 e. The molecule has 0 aliphatic heterocycles. The topological polar surface area (TPSA) is 136 Å². The van der Waals surface area contributed by atoms with Gasteiger partial charge in [-0.15, -0.1) is 0 Å². The van der Waals surface area contributed by atoms with E-state index in [1.807, 2.05) is 0 Å². The number of phosphoric ester groups is 1. The highest BCUT2D eigenvalue weighted by Crippen LogP contribution is 2.37. The van der Waals surface area contributed by atoms with Crippen molar-refractivity contribution in [3.05, 3.63) is 0 Å². The van der Waals surface area contributed by atoms with E-state index in [0.29, 0.717) is 0 Å². The second-order valence-corrected chi connectivity index (χ2v) is 3.79. The summed E-state index contributed by atoms with van der Waals surface area (Å²) in [5, 5.41) is 0. The van der Waals surface area contributed by atoms with E-state index in [1.165, 1.54) is 6.92 Å². The zero-order valence-electron chi connectivity index (χ0n) is 7.08. The van der Waals surface area contributed by atoms with E-state index in [-0.39, 0.29) is 6.42 Å². The highest BCUT2D eigenvalue weighted by atomic mass is 31.2. The first-order valence-electron chi connectivity index (χ1n) is 3.50. The van der Waals surface area contributed by atoms with Gasteiger partial charge in [-0.3, -0.25) is 9.32 Å². The molecule has 0 aliphatic rings. The zero-order chi connectivity index (χ0) is 10.6. The van der Waals surface area contributed by atoms with Crippen molar-refractivity contribution in [1.82, 2.24) is 0 Å². The highest BCUT2D eigenvalue weighted by Gasteiger charge is 2.22. The number of carbonyl (C=O) groups excluding carboxylic acids is 1. The van der Waals surface area contributed by atoms with Crippen LogP contribution in [0.5, 0.6) is 0 Å². The zero-order valence-corrected chi connectivity index (χ0v) is 7.98.